The molecule has 0 saturated heterocycles. The number of hydrogen-bond acceptors (Lipinski definition) is 3. The van der Waals surface area contributed by atoms with Gasteiger partial charge < -0.3 is 14.6 Å². The van der Waals surface area contributed by atoms with Crippen molar-refractivity contribution in [2.45, 2.75) is 13.0 Å². The lowest BCUT2D eigenvalue weighted by atomic mass is 9.88. The van der Waals surface area contributed by atoms with Crippen LogP contribution in [0.25, 0.3) is 11.1 Å². The Morgan fingerprint density at radius 3 is 1.91 bits per heavy atom. The maximum absolute atomic E-state index is 9.77. The van der Waals surface area contributed by atoms with Crippen molar-refractivity contribution in [3.63, 3.8) is 0 Å². The maximum atomic E-state index is 9.77. The molecule has 0 aromatic heterocycles. The number of halogens is 1. The molecule has 0 bridgehead atoms. The topological polar surface area (TPSA) is 38.7 Å². The van der Waals surface area contributed by atoms with Gasteiger partial charge in [0.1, 0.15) is 18.1 Å². The summed E-state index contributed by atoms with van der Waals surface area (Å²) in [6.07, 6.45) is 0.702. The SMILES string of the molecule is Oc1ccc(C(CCCl)=C(c2ccccc2)c2ccc(OCCOCc3ccccc3)cc2)cc1. The van der Waals surface area contributed by atoms with E-state index in [0.29, 0.717) is 32.1 Å². The van der Waals surface area contributed by atoms with Crippen molar-refractivity contribution >= 4 is 22.7 Å². The highest BCUT2D eigenvalue weighted by Gasteiger charge is 2.14. The predicted molar refractivity (Wildman–Crippen MR) is 144 cm³/mol. The Labute approximate surface area is 212 Å². The number of rotatable bonds is 11. The Kier molecular flexibility index (Phi) is 8.99. The molecule has 1 N–H and O–H groups in total. The van der Waals surface area contributed by atoms with Crippen LogP contribution in [0.5, 0.6) is 11.5 Å². The second-order valence-corrected chi connectivity index (χ2v) is 8.49. The summed E-state index contributed by atoms with van der Waals surface area (Å²) in [5.74, 6) is 1.54. The van der Waals surface area contributed by atoms with E-state index in [9.17, 15) is 5.11 Å². The molecule has 35 heavy (non-hydrogen) atoms. The van der Waals surface area contributed by atoms with Gasteiger partial charge in [-0.2, -0.15) is 0 Å². The van der Waals surface area contributed by atoms with E-state index in [4.69, 9.17) is 21.1 Å². The molecule has 0 aliphatic rings. The first-order valence-corrected chi connectivity index (χ1v) is 12.3. The van der Waals surface area contributed by atoms with Gasteiger partial charge in [-0.1, -0.05) is 84.9 Å². The van der Waals surface area contributed by atoms with Gasteiger partial charge in [0.05, 0.1) is 13.2 Å². The number of ether oxygens (including phenoxy) is 2. The van der Waals surface area contributed by atoms with Crippen molar-refractivity contribution in [3.8, 4) is 11.5 Å². The van der Waals surface area contributed by atoms with Gasteiger partial charge in [0, 0.05) is 5.88 Å². The quantitative estimate of drug-likeness (QED) is 0.135. The van der Waals surface area contributed by atoms with E-state index in [1.165, 1.54) is 0 Å². The van der Waals surface area contributed by atoms with Crippen LogP contribution in [0.2, 0.25) is 0 Å². The highest BCUT2D eigenvalue weighted by atomic mass is 35.5. The van der Waals surface area contributed by atoms with E-state index >= 15 is 0 Å². The van der Waals surface area contributed by atoms with Crippen molar-refractivity contribution in [2.75, 3.05) is 19.1 Å². The summed E-state index contributed by atoms with van der Waals surface area (Å²) in [6.45, 7) is 1.58. The molecule has 0 aliphatic heterocycles. The van der Waals surface area contributed by atoms with Crippen molar-refractivity contribution in [3.05, 3.63) is 131 Å². The van der Waals surface area contributed by atoms with Gasteiger partial charge in [0.15, 0.2) is 0 Å². The van der Waals surface area contributed by atoms with Crippen LogP contribution in [0.4, 0.5) is 0 Å². The van der Waals surface area contributed by atoms with E-state index in [2.05, 4.69) is 24.3 Å². The van der Waals surface area contributed by atoms with Crippen LogP contribution in [0.3, 0.4) is 0 Å². The molecule has 4 aromatic carbocycles. The second-order valence-electron chi connectivity index (χ2n) is 8.12. The molecule has 0 heterocycles. The predicted octanol–water partition coefficient (Wildman–Crippen LogP) is 7.58. The van der Waals surface area contributed by atoms with Crippen LogP contribution in [0, 0.1) is 0 Å². The number of phenolic OH excluding ortho intramolecular Hbond substituents is 1. The van der Waals surface area contributed by atoms with Gasteiger partial charge in [-0.05, 0) is 64.1 Å². The van der Waals surface area contributed by atoms with Crippen LogP contribution in [-0.2, 0) is 11.3 Å². The van der Waals surface area contributed by atoms with Crippen LogP contribution in [-0.4, -0.2) is 24.2 Å². The lowest BCUT2D eigenvalue weighted by Gasteiger charge is -2.17. The van der Waals surface area contributed by atoms with Gasteiger partial charge in [-0.25, -0.2) is 0 Å². The molecule has 0 aliphatic carbocycles. The van der Waals surface area contributed by atoms with Gasteiger partial charge >= 0.3 is 0 Å². The van der Waals surface area contributed by atoms with Crippen molar-refractivity contribution in [2.24, 2.45) is 0 Å². The maximum Gasteiger partial charge on any atom is 0.119 e. The number of benzene rings is 4. The fraction of sp³-hybridized carbons (Fsp3) is 0.161. The van der Waals surface area contributed by atoms with Gasteiger partial charge in [0.25, 0.3) is 0 Å². The summed E-state index contributed by atoms with van der Waals surface area (Å²) in [6, 6.07) is 35.9. The van der Waals surface area contributed by atoms with Crippen molar-refractivity contribution < 1.29 is 14.6 Å². The number of phenols is 1. The Hall–Kier alpha value is -3.53. The van der Waals surface area contributed by atoms with Crippen LogP contribution in [0.15, 0.2) is 109 Å². The summed E-state index contributed by atoms with van der Waals surface area (Å²) in [7, 11) is 0. The number of aromatic hydroxyl groups is 1. The molecular formula is C31H29ClO3. The molecule has 0 saturated carbocycles. The highest BCUT2D eigenvalue weighted by Crippen LogP contribution is 2.35. The largest absolute Gasteiger partial charge is 0.508 e. The Bertz CT molecular complexity index is 1200. The monoisotopic (exact) mass is 484 g/mol. The van der Waals surface area contributed by atoms with Crippen LogP contribution >= 0.6 is 11.6 Å². The van der Waals surface area contributed by atoms with E-state index in [1.54, 1.807) is 12.1 Å². The Morgan fingerprint density at radius 2 is 1.26 bits per heavy atom. The third-order valence-corrected chi connectivity index (χ3v) is 5.86. The summed E-state index contributed by atoms with van der Waals surface area (Å²) in [4.78, 5) is 0. The van der Waals surface area contributed by atoms with Crippen molar-refractivity contribution in [1.29, 1.82) is 0 Å². The first-order valence-electron chi connectivity index (χ1n) is 11.7. The standard InChI is InChI=1S/C31H29ClO3/c32-20-19-30(25-11-15-28(33)16-12-25)31(26-9-5-2-6-10-26)27-13-17-29(18-14-27)35-22-21-34-23-24-7-3-1-4-8-24/h1-18,33H,19-23H2. The summed E-state index contributed by atoms with van der Waals surface area (Å²) >= 11 is 6.23. The number of hydrogen-bond donors (Lipinski definition) is 1. The van der Waals surface area contributed by atoms with E-state index in [-0.39, 0.29) is 5.75 Å². The van der Waals surface area contributed by atoms with E-state index < -0.39 is 0 Å². The fourth-order valence-corrected chi connectivity index (χ4v) is 4.18. The number of alkyl halides is 1. The molecule has 4 heteroatoms. The zero-order valence-corrected chi connectivity index (χ0v) is 20.3. The molecule has 0 radical (unpaired) electrons. The van der Waals surface area contributed by atoms with Gasteiger partial charge in [-0.15, -0.1) is 11.6 Å². The molecule has 0 fully saturated rings. The average Bonchev–Trinajstić information content (AvgIpc) is 2.91. The zero-order chi connectivity index (χ0) is 24.3. The summed E-state index contributed by atoms with van der Waals surface area (Å²) < 4.78 is 11.6. The molecule has 4 rings (SSSR count). The molecule has 178 valence electrons. The second kappa shape index (κ2) is 12.8. The first kappa shape index (κ1) is 24.6. The minimum atomic E-state index is 0.245. The average molecular weight is 485 g/mol. The van der Waals surface area contributed by atoms with Gasteiger partial charge in [0.2, 0.25) is 0 Å². The minimum Gasteiger partial charge on any atom is -0.508 e. The Balaban J connectivity index is 1.52. The minimum absolute atomic E-state index is 0.245. The van der Waals surface area contributed by atoms with Gasteiger partial charge in [-0.3, -0.25) is 0 Å². The summed E-state index contributed by atoms with van der Waals surface area (Å²) in [5, 5.41) is 9.77. The van der Waals surface area contributed by atoms with Crippen LogP contribution < -0.4 is 4.74 Å². The molecule has 3 nitrogen and oxygen atoms in total. The van der Waals surface area contributed by atoms with Crippen molar-refractivity contribution in [1.82, 2.24) is 0 Å². The van der Waals surface area contributed by atoms with E-state index in [1.807, 2.05) is 72.8 Å². The lowest BCUT2D eigenvalue weighted by Crippen LogP contribution is -2.06. The smallest absolute Gasteiger partial charge is 0.119 e. The molecular weight excluding hydrogens is 456 g/mol. The van der Waals surface area contributed by atoms with E-state index in [0.717, 1.165) is 39.1 Å². The lowest BCUT2D eigenvalue weighted by molar-refractivity contribution is 0.0889. The first-order chi connectivity index (χ1) is 17.2. The third kappa shape index (κ3) is 6.98. The summed E-state index contributed by atoms with van der Waals surface area (Å²) in [5.41, 5.74) is 6.64. The fourth-order valence-electron chi connectivity index (χ4n) is 3.99. The zero-order valence-electron chi connectivity index (χ0n) is 19.6. The van der Waals surface area contributed by atoms with Crippen LogP contribution in [0.1, 0.15) is 28.7 Å². The highest BCUT2D eigenvalue weighted by molar-refractivity contribution is 6.18. The molecule has 0 unspecified atom stereocenters. The molecule has 4 aromatic rings. The Morgan fingerprint density at radius 1 is 0.657 bits per heavy atom. The molecule has 0 atom stereocenters. The number of allylic oxidation sites excluding steroid dienone is 1. The molecule has 0 spiro atoms. The normalized spacial score (nSPS) is 11.7. The molecule has 0 amide bonds. The third-order valence-electron chi connectivity index (χ3n) is 5.68.